The lowest BCUT2D eigenvalue weighted by Crippen LogP contribution is -2.46. The second-order valence-electron chi connectivity index (χ2n) is 6.12. The zero-order chi connectivity index (χ0) is 16.9. The van der Waals surface area contributed by atoms with Gasteiger partial charge in [-0.1, -0.05) is 18.2 Å². The molecule has 0 bridgehead atoms. The van der Waals surface area contributed by atoms with Crippen LogP contribution in [0.2, 0.25) is 0 Å². The Bertz CT molecular complexity index is 673. The van der Waals surface area contributed by atoms with Gasteiger partial charge >= 0.3 is 6.03 Å². The van der Waals surface area contributed by atoms with Crippen molar-refractivity contribution in [2.24, 2.45) is 0 Å². The normalized spacial score (nSPS) is 19.6. The highest BCUT2D eigenvalue weighted by atomic mass is 32.2. The van der Waals surface area contributed by atoms with Gasteiger partial charge in [-0.3, -0.25) is 0 Å². The van der Waals surface area contributed by atoms with Crippen LogP contribution in [0.15, 0.2) is 42.7 Å². The third-order valence-corrected chi connectivity index (χ3v) is 5.44. The lowest BCUT2D eigenvalue weighted by Gasteiger charge is -2.29. The minimum Gasteiger partial charge on any atom is -0.331 e. The molecule has 128 valence electrons. The Labute approximate surface area is 147 Å². The molecule has 1 aromatic heterocycles. The van der Waals surface area contributed by atoms with Crippen molar-refractivity contribution in [2.75, 3.05) is 18.1 Å². The quantitative estimate of drug-likeness (QED) is 0.927. The summed E-state index contributed by atoms with van der Waals surface area (Å²) in [5.41, 5.74) is 2.06. The van der Waals surface area contributed by atoms with Gasteiger partial charge in [-0.25, -0.2) is 9.48 Å². The van der Waals surface area contributed by atoms with Crippen molar-refractivity contribution in [3.63, 3.8) is 0 Å². The lowest BCUT2D eigenvalue weighted by molar-refractivity contribution is 0.180. The maximum Gasteiger partial charge on any atom is 0.318 e. The maximum absolute atomic E-state index is 12.7. The van der Waals surface area contributed by atoms with Crippen LogP contribution in [0, 0.1) is 0 Å². The largest absolute Gasteiger partial charge is 0.331 e. The second-order valence-corrected chi connectivity index (χ2v) is 7.35. The number of para-hydroxylation sites is 1. The van der Waals surface area contributed by atoms with Crippen molar-refractivity contribution in [1.82, 2.24) is 20.0 Å². The Hall–Kier alpha value is -1.95. The number of amides is 2. The van der Waals surface area contributed by atoms with E-state index in [4.69, 9.17) is 0 Å². The van der Waals surface area contributed by atoms with Crippen LogP contribution in [-0.2, 0) is 0 Å². The minimum absolute atomic E-state index is 0.0211. The van der Waals surface area contributed by atoms with Crippen LogP contribution in [0.3, 0.4) is 0 Å². The Morgan fingerprint density at radius 3 is 2.96 bits per heavy atom. The molecule has 6 heteroatoms. The molecule has 1 saturated heterocycles. The zero-order valence-electron chi connectivity index (χ0n) is 14.2. The third kappa shape index (κ3) is 3.75. The summed E-state index contributed by atoms with van der Waals surface area (Å²) in [4.78, 5) is 14.7. The van der Waals surface area contributed by atoms with Crippen molar-refractivity contribution in [1.29, 1.82) is 0 Å². The molecule has 5 nitrogen and oxygen atoms in total. The number of urea groups is 1. The van der Waals surface area contributed by atoms with Gasteiger partial charge in [-0.2, -0.15) is 16.9 Å². The van der Waals surface area contributed by atoms with Crippen molar-refractivity contribution < 1.29 is 4.79 Å². The molecular formula is C18H24N4OS. The third-order valence-electron chi connectivity index (χ3n) is 4.44. The predicted octanol–water partition coefficient (Wildman–Crippen LogP) is 3.47. The molecule has 0 unspecified atom stereocenters. The average molecular weight is 344 g/mol. The molecular weight excluding hydrogens is 320 g/mol. The zero-order valence-corrected chi connectivity index (χ0v) is 15.0. The number of aromatic nitrogens is 2. The molecule has 24 heavy (non-hydrogen) atoms. The van der Waals surface area contributed by atoms with Gasteiger partial charge in [-0.15, -0.1) is 0 Å². The molecule has 1 fully saturated rings. The molecule has 1 N–H and O–H groups in total. The number of thioether (sulfide) groups is 1. The fraction of sp³-hybridized carbons (Fsp3) is 0.444. The van der Waals surface area contributed by atoms with E-state index in [2.05, 4.69) is 17.3 Å². The molecule has 0 saturated carbocycles. The first-order valence-electron chi connectivity index (χ1n) is 8.40. The number of rotatable bonds is 3. The van der Waals surface area contributed by atoms with E-state index in [1.54, 1.807) is 6.20 Å². The van der Waals surface area contributed by atoms with E-state index in [0.29, 0.717) is 0 Å². The summed E-state index contributed by atoms with van der Waals surface area (Å²) in [6, 6.07) is 10.2. The van der Waals surface area contributed by atoms with Crippen LogP contribution < -0.4 is 5.32 Å². The van der Waals surface area contributed by atoms with E-state index in [-0.39, 0.29) is 18.1 Å². The fourth-order valence-corrected chi connectivity index (χ4v) is 4.05. The number of nitrogens with one attached hydrogen (secondary N) is 1. The Kier molecular flexibility index (Phi) is 5.45. The van der Waals surface area contributed by atoms with Crippen LogP contribution in [0.25, 0.3) is 5.69 Å². The van der Waals surface area contributed by atoms with Crippen LogP contribution in [0.5, 0.6) is 0 Å². The second kappa shape index (κ2) is 7.75. The van der Waals surface area contributed by atoms with Gasteiger partial charge in [0.2, 0.25) is 0 Å². The predicted molar refractivity (Wildman–Crippen MR) is 98.6 cm³/mol. The first kappa shape index (κ1) is 16.9. The number of carbonyl (C=O) groups excluding carboxylic acids is 1. The standard InChI is InChI=1S/C18H24N4OS/c1-14-8-12-24-13-11-21(14)18(23)20-15(2)16-6-3-4-7-17(16)22-10-5-9-19-22/h3-7,9-10,14-15H,8,11-13H2,1-2H3,(H,20,23)/t14-,15-/m1/s1. The molecule has 1 aliphatic rings. The van der Waals surface area contributed by atoms with Crippen molar-refractivity contribution >= 4 is 17.8 Å². The van der Waals surface area contributed by atoms with Crippen molar-refractivity contribution in [3.05, 3.63) is 48.3 Å². The first-order chi connectivity index (χ1) is 11.7. The summed E-state index contributed by atoms with van der Waals surface area (Å²) >= 11 is 1.92. The van der Waals surface area contributed by atoms with Crippen molar-refractivity contribution in [3.8, 4) is 5.69 Å². The molecule has 0 aliphatic carbocycles. The molecule has 2 heterocycles. The first-order valence-corrected chi connectivity index (χ1v) is 9.56. The highest BCUT2D eigenvalue weighted by Gasteiger charge is 2.24. The van der Waals surface area contributed by atoms with Gasteiger partial charge in [0.25, 0.3) is 0 Å². The van der Waals surface area contributed by atoms with Gasteiger partial charge in [-0.05, 0) is 43.7 Å². The number of benzene rings is 1. The summed E-state index contributed by atoms with van der Waals surface area (Å²) in [6.07, 6.45) is 4.73. The van der Waals surface area contributed by atoms with E-state index >= 15 is 0 Å². The molecule has 1 aliphatic heterocycles. The van der Waals surface area contributed by atoms with Gasteiger partial charge in [0.05, 0.1) is 11.7 Å². The van der Waals surface area contributed by atoms with E-state index in [1.807, 2.05) is 64.8 Å². The highest BCUT2D eigenvalue weighted by molar-refractivity contribution is 7.99. The molecule has 1 aromatic carbocycles. The fourth-order valence-electron chi connectivity index (χ4n) is 3.02. The monoisotopic (exact) mass is 344 g/mol. The highest BCUT2D eigenvalue weighted by Crippen LogP contribution is 2.22. The van der Waals surface area contributed by atoms with Crippen LogP contribution in [0.4, 0.5) is 4.79 Å². The number of carbonyl (C=O) groups is 1. The molecule has 2 aromatic rings. The number of nitrogens with zero attached hydrogens (tertiary/aromatic N) is 3. The van der Waals surface area contributed by atoms with Crippen LogP contribution in [-0.4, -0.2) is 44.8 Å². The number of hydrogen-bond donors (Lipinski definition) is 1. The maximum atomic E-state index is 12.7. The Balaban J connectivity index is 1.75. The average Bonchev–Trinajstić information content (AvgIpc) is 3.03. The van der Waals surface area contributed by atoms with E-state index in [9.17, 15) is 4.79 Å². The Morgan fingerprint density at radius 2 is 2.17 bits per heavy atom. The Morgan fingerprint density at radius 1 is 1.33 bits per heavy atom. The summed E-state index contributed by atoms with van der Waals surface area (Å²) in [5.74, 6) is 2.14. The SMILES string of the molecule is C[C@@H]1CCSCCN1C(=O)N[C@H](C)c1ccccc1-n1cccn1. The van der Waals surface area contributed by atoms with E-state index in [1.165, 1.54) is 0 Å². The molecule has 3 rings (SSSR count). The smallest absolute Gasteiger partial charge is 0.318 e. The lowest BCUT2D eigenvalue weighted by atomic mass is 10.1. The molecule has 0 radical (unpaired) electrons. The summed E-state index contributed by atoms with van der Waals surface area (Å²) in [5, 5.41) is 7.48. The van der Waals surface area contributed by atoms with Crippen molar-refractivity contribution in [2.45, 2.75) is 32.4 Å². The van der Waals surface area contributed by atoms with Crippen LogP contribution in [0.1, 0.15) is 31.9 Å². The van der Waals surface area contributed by atoms with Gasteiger partial charge < -0.3 is 10.2 Å². The summed E-state index contributed by atoms with van der Waals surface area (Å²) < 4.78 is 1.84. The van der Waals surface area contributed by atoms with Gasteiger partial charge in [0.15, 0.2) is 0 Å². The number of hydrogen-bond acceptors (Lipinski definition) is 3. The van der Waals surface area contributed by atoms with Gasteiger partial charge in [0.1, 0.15) is 0 Å². The van der Waals surface area contributed by atoms with Gasteiger partial charge in [0, 0.05) is 30.7 Å². The molecule has 0 spiro atoms. The minimum atomic E-state index is -0.0824. The van der Waals surface area contributed by atoms with E-state index < -0.39 is 0 Å². The molecule has 2 atom stereocenters. The topological polar surface area (TPSA) is 50.2 Å². The summed E-state index contributed by atoms with van der Waals surface area (Å²) in [6.45, 7) is 4.97. The van der Waals surface area contributed by atoms with E-state index in [0.717, 1.165) is 35.7 Å². The van der Waals surface area contributed by atoms with Crippen LogP contribution >= 0.6 is 11.8 Å². The summed E-state index contributed by atoms with van der Waals surface area (Å²) in [7, 11) is 0. The molecule has 2 amide bonds.